The number of benzene rings is 3. The number of hydrogen-bond donors (Lipinski definition) is 0. The van der Waals surface area contributed by atoms with Gasteiger partial charge in [0, 0.05) is 16.5 Å². The third-order valence-corrected chi connectivity index (χ3v) is 6.72. The predicted molar refractivity (Wildman–Crippen MR) is 120 cm³/mol. The van der Waals surface area contributed by atoms with E-state index in [2.05, 4.69) is 0 Å². The Morgan fingerprint density at radius 2 is 1.39 bits per heavy atom. The van der Waals surface area contributed by atoms with E-state index in [9.17, 15) is 9.59 Å². The normalized spacial score (nSPS) is 19.4. The van der Waals surface area contributed by atoms with Crippen LogP contribution in [0.15, 0.2) is 60.7 Å². The summed E-state index contributed by atoms with van der Waals surface area (Å²) in [6, 6.07) is 18.8. The van der Waals surface area contributed by atoms with Gasteiger partial charge in [-0.1, -0.05) is 48.5 Å². The molecule has 2 aliphatic heterocycles. The number of amides is 2. The van der Waals surface area contributed by atoms with Crippen molar-refractivity contribution in [3.63, 3.8) is 0 Å². The Balaban J connectivity index is 1.60. The van der Waals surface area contributed by atoms with E-state index >= 15 is 0 Å². The first kappa shape index (κ1) is 20.0. The van der Waals surface area contributed by atoms with Crippen molar-refractivity contribution in [1.29, 1.82) is 0 Å². The van der Waals surface area contributed by atoms with Gasteiger partial charge in [-0.15, -0.1) is 0 Å². The molecule has 0 spiro atoms. The van der Waals surface area contributed by atoms with Gasteiger partial charge in [-0.2, -0.15) is 0 Å². The van der Waals surface area contributed by atoms with E-state index in [0.29, 0.717) is 16.5 Å². The third-order valence-electron chi connectivity index (χ3n) is 6.72. The maximum Gasteiger partial charge on any atom is 0.495 e. The molecule has 2 amide bonds. The van der Waals surface area contributed by atoms with Gasteiger partial charge in [0.05, 0.1) is 17.7 Å². The third kappa shape index (κ3) is 3.01. The van der Waals surface area contributed by atoms with Crippen LogP contribution in [0.5, 0.6) is 0 Å². The summed E-state index contributed by atoms with van der Waals surface area (Å²) in [5, 5.41) is 1.49. The van der Waals surface area contributed by atoms with Crippen molar-refractivity contribution >= 4 is 35.2 Å². The van der Waals surface area contributed by atoms with E-state index in [4.69, 9.17) is 9.31 Å². The van der Waals surface area contributed by atoms with Crippen molar-refractivity contribution in [2.75, 3.05) is 0 Å². The van der Waals surface area contributed by atoms with Crippen LogP contribution in [0.1, 0.15) is 54.0 Å². The van der Waals surface area contributed by atoms with Crippen LogP contribution in [-0.4, -0.2) is 35.0 Å². The molecule has 0 N–H and O–H groups in total. The Morgan fingerprint density at radius 1 is 0.774 bits per heavy atom. The lowest BCUT2D eigenvalue weighted by Crippen LogP contribution is -2.41. The monoisotopic (exact) mass is 413 g/mol. The average Bonchev–Trinajstić information content (AvgIpc) is 2.96. The molecule has 0 bridgehead atoms. The highest BCUT2D eigenvalue weighted by atomic mass is 16.7. The van der Waals surface area contributed by atoms with Crippen molar-refractivity contribution in [3.8, 4) is 0 Å². The van der Waals surface area contributed by atoms with Crippen LogP contribution in [0.4, 0.5) is 0 Å². The molecule has 6 heteroatoms. The summed E-state index contributed by atoms with van der Waals surface area (Å²) in [4.78, 5) is 27.9. The summed E-state index contributed by atoms with van der Waals surface area (Å²) in [5.74, 6) is -0.559. The molecule has 1 saturated heterocycles. The van der Waals surface area contributed by atoms with Crippen LogP contribution < -0.4 is 5.46 Å². The molecule has 2 aliphatic rings. The highest BCUT2D eigenvalue weighted by Gasteiger charge is 2.52. The lowest BCUT2D eigenvalue weighted by atomic mass is 9.74. The Hall–Kier alpha value is -2.96. The Labute approximate surface area is 182 Å². The number of nitrogens with zero attached hydrogens (tertiary/aromatic N) is 1. The number of carbonyl (C=O) groups excluding carboxylic acids is 2. The standard InChI is InChI=1S/C25H24BNO4/c1-24(2)25(3,4)31-26(30-24)20-14-13-19-21-17(20)11-8-12-18(21)22(28)27(23(19)29)15-16-9-6-5-7-10-16/h5-14H,15H2,1-4H3. The molecule has 0 saturated carbocycles. The van der Waals surface area contributed by atoms with Gasteiger partial charge in [0.15, 0.2) is 0 Å². The predicted octanol–water partition coefficient (Wildman–Crippen LogP) is 3.94. The zero-order chi connectivity index (χ0) is 22.0. The van der Waals surface area contributed by atoms with Gasteiger partial charge in [0.2, 0.25) is 0 Å². The minimum atomic E-state index is -0.568. The molecule has 1 fully saturated rings. The lowest BCUT2D eigenvalue weighted by Gasteiger charge is -2.32. The molecule has 3 aromatic carbocycles. The van der Waals surface area contributed by atoms with Gasteiger partial charge in [-0.3, -0.25) is 14.5 Å². The summed E-state index contributed by atoms with van der Waals surface area (Å²) in [6.45, 7) is 8.27. The average molecular weight is 413 g/mol. The Bertz CT molecular complexity index is 1180. The van der Waals surface area contributed by atoms with Crippen LogP contribution in [0.25, 0.3) is 10.8 Å². The fourth-order valence-corrected chi connectivity index (χ4v) is 4.25. The van der Waals surface area contributed by atoms with Gasteiger partial charge in [-0.25, -0.2) is 0 Å². The molecule has 0 aliphatic carbocycles. The van der Waals surface area contributed by atoms with E-state index < -0.39 is 18.3 Å². The van der Waals surface area contributed by atoms with E-state index in [1.54, 1.807) is 12.1 Å². The van der Waals surface area contributed by atoms with Crippen molar-refractivity contribution in [1.82, 2.24) is 4.90 Å². The minimum absolute atomic E-state index is 0.243. The van der Waals surface area contributed by atoms with Crippen LogP contribution >= 0.6 is 0 Å². The molecule has 156 valence electrons. The van der Waals surface area contributed by atoms with Crippen LogP contribution in [-0.2, 0) is 15.9 Å². The smallest absolute Gasteiger partial charge is 0.399 e. The van der Waals surface area contributed by atoms with Crippen molar-refractivity contribution in [2.24, 2.45) is 0 Å². The Kier molecular flexibility index (Phi) is 4.36. The molecule has 5 rings (SSSR count). The number of carbonyl (C=O) groups is 2. The highest BCUT2D eigenvalue weighted by molar-refractivity contribution is 6.65. The zero-order valence-electron chi connectivity index (χ0n) is 18.1. The second kappa shape index (κ2) is 6.77. The van der Waals surface area contributed by atoms with E-state index in [1.165, 1.54) is 4.90 Å². The number of hydrogen-bond acceptors (Lipinski definition) is 4. The first-order chi connectivity index (χ1) is 14.7. The first-order valence-corrected chi connectivity index (χ1v) is 10.5. The molecule has 3 aromatic rings. The number of rotatable bonds is 3. The SMILES string of the molecule is CC1(C)OB(c2ccc3c4c(cccc24)C(=O)N(Cc2ccccc2)C3=O)OC1(C)C. The summed E-state index contributed by atoms with van der Waals surface area (Å²) >= 11 is 0. The summed E-state index contributed by atoms with van der Waals surface area (Å²) in [5.41, 5.74) is 1.85. The lowest BCUT2D eigenvalue weighted by molar-refractivity contribution is 0.00578. The highest BCUT2D eigenvalue weighted by Crippen LogP contribution is 2.38. The summed E-state index contributed by atoms with van der Waals surface area (Å²) in [6.07, 6.45) is 0. The van der Waals surface area contributed by atoms with E-state index in [1.807, 2.05) is 76.2 Å². The molecule has 0 unspecified atom stereocenters. The van der Waals surface area contributed by atoms with Gasteiger partial charge < -0.3 is 9.31 Å². The zero-order valence-corrected chi connectivity index (χ0v) is 18.1. The molecule has 0 aromatic heterocycles. The van der Waals surface area contributed by atoms with Crippen LogP contribution in [0, 0.1) is 0 Å². The van der Waals surface area contributed by atoms with Gasteiger partial charge in [0.1, 0.15) is 0 Å². The minimum Gasteiger partial charge on any atom is -0.399 e. The van der Waals surface area contributed by atoms with Crippen molar-refractivity contribution < 1.29 is 18.9 Å². The van der Waals surface area contributed by atoms with E-state index in [-0.39, 0.29) is 18.4 Å². The fourth-order valence-electron chi connectivity index (χ4n) is 4.25. The molecule has 0 atom stereocenters. The van der Waals surface area contributed by atoms with Crippen LogP contribution in [0.2, 0.25) is 0 Å². The van der Waals surface area contributed by atoms with E-state index in [0.717, 1.165) is 16.4 Å². The molecule has 0 radical (unpaired) electrons. The second-order valence-corrected chi connectivity index (χ2v) is 9.20. The van der Waals surface area contributed by atoms with Crippen molar-refractivity contribution in [2.45, 2.75) is 45.4 Å². The maximum absolute atomic E-state index is 13.3. The molecule has 5 nitrogen and oxygen atoms in total. The largest absolute Gasteiger partial charge is 0.495 e. The molecule has 31 heavy (non-hydrogen) atoms. The quantitative estimate of drug-likeness (QED) is 0.482. The number of imide groups is 1. The second-order valence-electron chi connectivity index (χ2n) is 9.20. The molecule has 2 heterocycles. The summed E-state index contributed by atoms with van der Waals surface area (Å²) < 4.78 is 12.5. The fraction of sp³-hybridized carbons (Fsp3) is 0.280. The maximum atomic E-state index is 13.3. The Morgan fingerprint density at radius 3 is 2.03 bits per heavy atom. The van der Waals surface area contributed by atoms with Crippen molar-refractivity contribution in [3.05, 3.63) is 77.4 Å². The topological polar surface area (TPSA) is 55.8 Å². The van der Waals surface area contributed by atoms with Crippen LogP contribution in [0.3, 0.4) is 0 Å². The first-order valence-electron chi connectivity index (χ1n) is 10.5. The van der Waals surface area contributed by atoms with Gasteiger partial charge in [-0.05, 0) is 56.2 Å². The molecular formula is C25H24BNO4. The summed E-state index contributed by atoms with van der Waals surface area (Å²) in [7, 11) is -0.568. The molecular weight excluding hydrogens is 389 g/mol. The van der Waals surface area contributed by atoms with Gasteiger partial charge in [0.25, 0.3) is 11.8 Å². The van der Waals surface area contributed by atoms with Gasteiger partial charge >= 0.3 is 7.12 Å².